The molecule has 4 nitrogen and oxygen atoms in total. The Morgan fingerprint density at radius 3 is 2.69 bits per heavy atom. The highest BCUT2D eigenvalue weighted by Gasteiger charge is 2.21. The zero-order chi connectivity index (χ0) is 20.1. The Morgan fingerprint density at radius 1 is 1.17 bits per heavy atom. The van der Waals surface area contributed by atoms with E-state index in [2.05, 4.69) is 16.8 Å². The SMILES string of the molecule is CCSc1cccc(C(=O)N(CCCN(C)C)c2nc3ccc(F)cc3s2)c1.Cl. The predicted octanol–water partition coefficient (Wildman–Crippen LogP) is 5.57. The molecule has 1 heterocycles. The van der Waals surface area contributed by atoms with Gasteiger partial charge in [-0.05, 0) is 69.2 Å². The van der Waals surface area contributed by atoms with E-state index in [-0.39, 0.29) is 24.1 Å². The Kier molecular flexibility index (Phi) is 8.89. The molecule has 3 aromatic rings. The number of nitrogens with zero attached hydrogens (tertiary/aromatic N) is 3. The largest absolute Gasteiger partial charge is 0.309 e. The average molecular weight is 454 g/mol. The lowest BCUT2D eigenvalue weighted by Gasteiger charge is -2.21. The molecule has 29 heavy (non-hydrogen) atoms. The third kappa shape index (κ3) is 6.15. The number of halogens is 2. The van der Waals surface area contributed by atoms with Gasteiger partial charge >= 0.3 is 0 Å². The number of thioether (sulfide) groups is 1. The molecule has 0 radical (unpaired) electrons. The van der Waals surface area contributed by atoms with Crippen molar-refractivity contribution in [3.63, 3.8) is 0 Å². The highest BCUT2D eigenvalue weighted by molar-refractivity contribution is 7.99. The van der Waals surface area contributed by atoms with Crippen molar-refractivity contribution in [2.24, 2.45) is 0 Å². The topological polar surface area (TPSA) is 36.4 Å². The van der Waals surface area contributed by atoms with Gasteiger partial charge in [0.05, 0.1) is 10.2 Å². The van der Waals surface area contributed by atoms with Crippen molar-refractivity contribution < 1.29 is 9.18 Å². The molecule has 0 saturated heterocycles. The minimum Gasteiger partial charge on any atom is -0.309 e. The highest BCUT2D eigenvalue weighted by atomic mass is 35.5. The van der Waals surface area contributed by atoms with Crippen molar-refractivity contribution in [3.05, 3.63) is 53.8 Å². The van der Waals surface area contributed by atoms with Gasteiger partial charge < -0.3 is 4.90 Å². The number of carbonyl (C=O) groups excluding carboxylic acids is 1. The number of carbonyl (C=O) groups is 1. The molecule has 2 aromatic carbocycles. The van der Waals surface area contributed by atoms with Gasteiger partial charge in [-0.2, -0.15) is 0 Å². The Balaban J connectivity index is 0.00000300. The first-order chi connectivity index (χ1) is 13.5. The van der Waals surface area contributed by atoms with Crippen LogP contribution in [0, 0.1) is 5.82 Å². The minimum absolute atomic E-state index is 0. The van der Waals surface area contributed by atoms with Crippen molar-refractivity contribution in [3.8, 4) is 0 Å². The molecule has 0 aliphatic rings. The molecule has 0 spiro atoms. The molecule has 0 unspecified atom stereocenters. The molecule has 0 saturated carbocycles. The van der Waals surface area contributed by atoms with Gasteiger partial charge in [-0.3, -0.25) is 9.69 Å². The summed E-state index contributed by atoms with van der Waals surface area (Å²) >= 11 is 3.06. The maximum absolute atomic E-state index is 13.6. The number of thiazole rings is 1. The summed E-state index contributed by atoms with van der Waals surface area (Å²) in [5.74, 6) is 0.586. The first kappa shape index (κ1) is 23.6. The molecule has 156 valence electrons. The van der Waals surface area contributed by atoms with Crippen LogP contribution in [0.2, 0.25) is 0 Å². The quantitative estimate of drug-likeness (QED) is 0.418. The lowest BCUT2D eigenvalue weighted by Crippen LogP contribution is -2.33. The molecule has 0 aliphatic heterocycles. The van der Waals surface area contributed by atoms with Crippen molar-refractivity contribution >= 4 is 56.8 Å². The smallest absolute Gasteiger partial charge is 0.260 e. The number of fused-ring (bicyclic) bond motifs is 1. The van der Waals surface area contributed by atoms with Crippen LogP contribution in [-0.4, -0.2) is 48.7 Å². The van der Waals surface area contributed by atoms with E-state index < -0.39 is 0 Å². The summed E-state index contributed by atoms with van der Waals surface area (Å²) in [7, 11) is 4.02. The van der Waals surface area contributed by atoms with Crippen LogP contribution in [0.25, 0.3) is 10.2 Å². The van der Waals surface area contributed by atoms with Gasteiger partial charge in [-0.15, -0.1) is 24.2 Å². The van der Waals surface area contributed by atoms with Crippen LogP contribution in [0.1, 0.15) is 23.7 Å². The third-order valence-electron chi connectivity index (χ3n) is 4.19. The van der Waals surface area contributed by atoms with E-state index in [1.54, 1.807) is 22.7 Å². The maximum Gasteiger partial charge on any atom is 0.260 e. The molecule has 0 N–H and O–H groups in total. The molecule has 8 heteroatoms. The minimum atomic E-state index is -0.294. The zero-order valence-electron chi connectivity index (χ0n) is 16.7. The number of rotatable bonds is 8. The summed E-state index contributed by atoms with van der Waals surface area (Å²) < 4.78 is 14.3. The van der Waals surface area contributed by atoms with E-state index in [9.17, 15) is 9.18 Å². The second kappa shape index (κ2) is 10.9. The van der Waals surface area contributed by atoms with Crippen LogP contribution in [-0.2, 0) is 0 Å². The van der Waals surface area contributed by atoms with Gasteiger partial charge in [0.15, 0.2) is 5.13 Å². The van der Waals surface area contributed by atoms with Gasteiger partial charge in [0.25, 0.3) is 5.91 Å². The lowest BCUT2D eigenvalue weighted by molar-refractivity contribution is 0.0986. The van der Waals surface area contributed by atoms with Crippen molar-refractivity contribution in [2.75, 3.05) is 37.8 Å². The van der Waals surface area contributed by atoms with Crippen LogP contribution in [0.4, 0.5) is 9.52 Å². The van der Waals surface area contributed by atoms with Gasteiger partial charge in [-0.1, -0.05) is 24.3 Å². The summed E-state index contributed by atoms with van der Waals surface area (Å²) in [4.78, 5) is 22.8. The number of aromatic nitrogens is 1. The van der Waals surface area contributed by atoms with E-state index in [1.807, 2.05) is 38.4 Å². The third-order valence-corrected chi connectivity index (χ3v) is 6.11. The first-order valence-corrected chi connectivity index (χ1v) is 11.0. The monoisotopic (exact) mass is 453 g/mol. The van der Waals surface area contributed by atoms with Crippen LogP contribution in [0.5, 0.6) is 0 Å². The van der Waals surface area contributed by atoms with E-state index in [0.717, 1.165) is 28.3 Å². The van der Waals surface area contributed by atoms with Gasteiger partial charge in [0, 0.05) is 17.0 Å². The fourth-order valence-electron chi connectivity index (χ4n) is 2.87. The highest BCUT2D eigenvalue weighted by Crippen LogP contribution is 2.31. The molecule has 0 fully saturated rings. The predicted molar refractivity (Wildman–Crippen MR) is 125 cm³/mol. The Hall–Kier alpha value is -1.67. The lowest BCUT2D eigenvalue weighted by atomic mass is 10.2. The van der Waals surface area contributed by atoms with E-state index in [0.29, 0.717) is 22.8 Å². The number of hydrogen-bond donors (Lipinski definition) is 0. The number of benzene rings is 2. The Bertz CT molecular complexity index is 964. The maximum atomic E-state index is 13.6. The number of anilines is 1. The van der Waals surface area contributed by atoms with Crippen molar-refractivity contribution in [1.82, 2.24) is 9.88 Å². The molecule has 1 amide bonds. The Morgan fingerprint density at radius 2 is 1.97 bits per heavy atom. The van der Waals surface area contributed by atoms with Gasteiger partial charge in [-0.25, -0.2) is 9.37 Å². The molecular formula is C21H25ClFN3OS2. The van der Waals surface area contributed by atoms with Gasteiger partial charge in [0.1, 0.15) is 5.82 Å². The van der Waals surface area contributed by atoms with Crippen LogP contribution in [0.3, 0.4) is 0 Å². The number of amides is 1. The fraction of sp³-hybridized carbons (Fsp3) is 0.333. The summed E-state index contributed by atoms with van der Waals surface area (Å²) in [6, 6.07) is 12.2. The summed E-state index contributed by atoms with van der Waals surface area (Å²) in [6.45, 7) is 3.52. The van der Waals surface area contributed by atoms with E-state index >= 15 is 0 Å². The van der Waals surface area contributed by atoms with E-state index in [4.69, 9.17) is 0 Å². The summed E-state index contributed by atoms with van der Waals surface area (Å²) in [5.41, 5.74) is 1.36. The molecule has 1 aromatic heterocycles. The van der Waals surface area contributed by atoms with Gasteiger partial charge in [0.2, 0.25) is 0 Å². The summed E-state index contributed by atoms with van der Waals surface area (Å²) in [6.07, 6.45) is 0.826. The van der Waals surface area contributed by atoms with Crippen LogP contribution >= 0.6 is 35.5 Å². The first-order valence-electron chi connectivity index (χ1n) is 9.23. The molecule has 0 aliphatic carbocycles. The normalized spacial score (nSPS) is 10.9. The molecular weight excluding hydrogens is 429 g/mol. The van der Waals surface area contributed by atoms with Crippen LogP contribution in [0.15, 0.2) is 47.4 Å². The van der Waals surface area contributed by atoms with E-state index in [1.165, 1.54) is 23.5 Å². The molecule has 0 atom stereocenters. The average Bonchev–Trinajstić information content (AvgIpc) is 3.07. The second-order valence-corrected chi connectivity index (χ2v) is 9.03. The molecule has 0 bridgehead atoms. The number of hydrogen-bond acceptors (Lipinski definition) is 5. The summed E-state index contributed by atoms with van der Waals surface area (Å²) in [5, 5.41) is 0.609. The standard InChI is InChI=1S/C21H24FN3OS2.ClH/c1-4-27-17-8-5-7-15(13-17)20(26)25(12-6-11-24(2)3)21-23-18-10-9-16(22)14-19(18)28-21;/h5,7-10,13-14H,4,6,11-12H2,1-3H3;1H. The van der Waals surface area contributed by atoms with Crippen LogP contribution < -0.4 is 4.90 Å². The zero-order valence-corrected chi connectivity index (χ0v) is 19.2. The molecule has 3 rings (SSSR count). The second-order valence-electron chi connectivity index (χ2n) is 6.68. The fourth-order valence-corrected chi connectivity index (χ4v) is 4.61. The van der Waals surface area contributed by atoms with Crippen molar-refractivity contribution in [1.29, 1.82) is 0 Å². The van der Waals surface area contributed by atoms with Crippen molar-refractivity contribution in [2.45, 2.75) is 18.2 Å². The Labute approximate surface area is 185 Å².